The summed E-state index contributed by atoms with van der Waals surface area (Å²) < 4.78 is 1.86. The van der Waals surface area contributed by atoms with Crippen LogP contribution in [0.3, 0.4) is 0 Å². The number of aryl methyl sites for hydroxylation is 1. The summed E-state index contributed by atoms with van der Waals surface area (Å²) >= 11 is 0. The van der Waals surface area contributed by atoms with Gasteiger partial charge in [0.15, 0.2) is 5.96 Å². The lowest BCUT2D eigenvalue weighted by Gasteiger charge is -2.21. The Kier molecular flexibility index (Phi) is 9.61. The molecule has 0 spiro atoms. The Bertz CT molecular complexity index is 832. The van der Waals surface area contributed by atoms with Gasteiger partial charge in [-0.3, -0.25) is 14.5 Å². The van der Waals surface area contributed by atoms with Crippen LogP contribution >= 0.6 is 24.0 Å². The molecular weight excluding hydrogens is 491 g/mol. The average Bonchev–Trinajstić information content (AvgIpc) is 3.38. The zero-order valence-electron chi connectivity index (χ0n) is 18.1. The van der Waals surface area contributed by atoms with Crippen molar-refractivity contribution in [1.82, 2.24) is 25.3 Å². The SMILES string of the molecule is CCCCNC(=O)c1ccc(CNC(=NC)N2CCC(c3cnn(C)c3)C2)cc1.I. The van der Waals surface area contributed by atoms with Crippen LogP contribution < -0.4 is 10.6 Å². The standard InChI is InChI=1S/C22H32N6O.HI/c1-4-5-11-24-21(29)18-8-6-17(7-9-18)13-25-22(23-2)28-12-10-19(16-28)20-14-26-27(3)15-20;/h6-9,14-15,19H,4-5,10-13,16H2,1-3H3,(H,23,25)(H,24,29);1H. The normalized spacial score (nSPS) is 16.3. The van der Waals surface area contributed by atoms with Crippen LogP contribution in [0.2, 0.25) is 0 Å². The second-order valence-electron chi connectivity index (χ2n) is 7.59. The molecule has 1 aromatic heterocycles. The molecule has 0 saturated carbocycles. The number of unbranched alkanes of at least 4 members (excludes halogenated alkanes) is 1. The summed E-state index contributed by atoms with van der Waals surface area (Å²) in [5, 5.41) is 10.7. The van der Waals surface area contributed by atoms with E-state index in [9.17, 15) is 4.79 Å². The highest BCUT2D eigenvalue weighted by Gasteiger charge is 2.26. The smallest absolute Gasteiger partial charge is 0.251 e. The summed E-state index contributed by atoms with van der Waals surface area (Å²) in [7, 11) is 3.78. The number of rotatable bonds is 7. The number of guanidine groups is 1. The summed E-state index contributed by atoms with van der Waals surface area (Å²) in [4.78, 5) is 18.9. The van der Waals surface area contributed by atoms with Gasteiger partial charge >= 0.3 is 0 Å². The molecule has 0 radical (unpaired) electrons. The number of carbonyl (C=O) groups excluding carboxylic acids is 1. The number of likely N-dealkylation sites (tertiary alicyclic amines) is 1. The fraction of sp³-hybridized carbons (Fsp3) is 0.500. The van der Waals surface area contributed by atoms with Gasteiger partial charge in [-0.25, -0.2) is 0 Å². The van der Waals surface area contributed by atoms with Crippen molar-refractivity contribution in [3.63, 3.8) is 0 Å². The van der Waals surface area contributed by atoms with E-state index in [0.717, 1.165) is 50.4 Å². The van der Waals surface area contributed by atoms with Crippen LogP contribution in [-0.2, 0) is 13.6 Å². The van der Waals surface area contributed by atoms with Gasteiger partial charge in [0.25, 0.3) is 5.91 Å². The quantitative estimate of drug-likeness (QED) is 0.253. The van der Waals surface area contributed by atoms with E-state index in [1.54, 1.807) is 0 Å². The Labute approximate surface area is 196 Å². The largest absolute Gasteiger partial charge is 0.352 e. The number of nitrogens with one attached hydrogen (secondary N) is 2. The van der Waals surface area contributed by atoms with Gasteiger partial charge in [-0.15, -0.1) is 24.0 Å². The highest BCUT2D eigenvalue weighted by molar-refractivity contribution is 14.0. The molecule has 1 atom stereocenters. The predicted octanol–water partition coefficient (Wildman–Crippen LogP) is 3.13. The molecule has 1 unspecified atom stereocenters. The molecule has 2 aromatic rings. The number of benzene rings is 1. The minimum absolute atomic E-state index is 0. The molecule has 2 N–H and O–H groups in total. The number of halogens is 1. The van der Waals surface area contributed by atoms with E-state index < -0.39 is 0 Å². The summed E-state index contributed by atoms with van der Waals surface area (Å²) in [5.74, 6) is 1.40. The van der Waals surface area contributed by atoms with Crippen LogP contribution in [0.5, 0.6) is 0 Å². The summed E-state index contributed by atoms with van der Waals surface area (Å²) in [5.41, 5.74) is 3.12. The number of amides is 1. The molecule has 1 aliphatic rings. The van der Waals surface area contributed by atoms with Gasteiger partial charge in [0.05, 0.1) is 6.20 Å². The minimum Gasteiger partial charge on any atom is -0.352 e. The number of hydrogen-bond acceptors (Lipinski definition) is 3. The first-order valence-corrected chi connectivity index (χ1v) is 10.4. The third-order valence-electron chi connectivity index (χ3n) is 5.38. The molecule has 8 heteroatoms. The van der Waals surface area contributed by atoms with Crippen molar-refractivity contribution < 1.29 is 4.79 Å². The predicted molar refractivity (Wildman–Crippen MR) is 131 cm³/mol. The topological polar surface area (TPSA) is 74.6 Å². The number of aromatic nitrogens is 2. The zero-order valence-corrected chi connectivity index (χ0v) is 20.4. The first-order valence-electron chi connectivity index (χ1n) is 10.4. The van der Waals surface area contributed by atoms with Crippen LogP contribution in [0.25, 0.3) is 0 Å². The number of carbonyl (C=O) groups is 1. The fourth-order valence-corrected chi connectivity index (χ4v) is 3.64. The van der Waals surface area contributed by atoms with E-state index in [2.05, 4.69) is 38.7 Å². The number of nitrogens with zero attached hydrogens (tertiary/aromatic N) is 4. The maximum atomic E-state index is 12.1. The van der Waals surface area contributed by atoms with Gasteiger partial charge in [-0.1, -0.05) is 25.5 Å². The van der Waals surface area contributed by atoms with Crippen molar-refractivity contribution in [2.75, 3.05) is 26.7 Å². The molecule has 1 amide bonds. The lowest BCUT2D eigenvalue weighted by atomic mass is 10.0. The highest BCUT2D eigenvalue weighted by Crippen LogP contribution is 2.26. The Morgan fingerprint density at radius 1 is 1.27 bits per heavy atom. The van der Waals surface area contributed by atoms with Gasteiger partial charge in [0, 0.05) is 58.0 Å². The highest BCUT2D eigenvalue weighted by atomic mass is 127. The number of hydrogen-bond donors (Lipinski definition) is 2. The monoisotopic (exact) mass is 524 g/mol. The van der Waals surface area contributed by atoms with E-state index in [1.165, 1.54) is 5.56 Å². The lowest BCUT2D eigenvalue weighted by molar-refractivity contribution is 0.0953. The summed E-state index contributed by atoms with van der Waals surface area (Å²) in [6, 6.07) is 7.76. The molecule has 1 saturated heterocycles. The van der Waals surface area contributed by atoms with Gasteiger partial charge in [0.1, 0.15) is 0 Å². The van der Waals surface area contributed by atoms with Gasteiger partial charge in [-0.05, 0) is 36.1 Å². The van der Waals surface area contributed by atoms with Crippen molar-refractivity contribution >= 4 is 35.8 Å². The summed E-state index contributed by atoms with van der Waals surface area (Å²) in [6.07, 6.45) is 7.25. The van der Waals surface area contributed by atoms with Crippen LogP contribution in [0, 0.1) is 0 Å². The average molecular weight is 524 g/mol. The van der Waals surface area contributed by atoms with Gasteiger partial charge in [-0.2, -0.15) is 5.10 Å². The molecule has 1 fully saturated rings. The first-order chi connectivity index (χ1) is 14.1. The fourth-order valence-electron chi connectivity index (χ4n) is 3.64. The van der Waals surface area contributed by atoms with Gasteiger partial charge in [0.2, 0.25) is 0 Å². The van der Waals surface area contributed by atoms with Crippen LogP contribution in [0.15, 0.2) is 41.7 Å². The molecule has 1 aliphatic heterocycles. The van der Waals surface area contributed by atoms with Gasteiger partial charge < -0.3 is 15.5 Å². The molecule has 3 rings (SSSR count). The van der Waals surface area contributed by atoms with E-state index >= 15 is 0 Å². The number of aliphatic imine (C=N–C) groups is 1. The third-order valence-corrected chi connectivity index (χ3v) is 5.38. The van der Waals surface area contributed by atoms with E-state index in [0.29, 0.717) is 18.0 Å². The molecule has 2 heterocycles. The lowest BCUT2D eigenvalue weighted by Crippen LogP contribution is -2.39. The van der Waals surface area contributed by atoms with Crippen molar-refractivity contribution in [3.8, 4) is 0 Å². The molecule has 7 nitrogen and oxygen atoms in total. The van der Waals surface area contributed by atoms with E-state index in [-0.39, 0.29) is 29.9 Å². The first kappa shape index (κ1) is 24.2. The maximum absolute atomic E-state index is 12.1. The van der Waals surface area contributed by atoms with Crippen molar-refractivity contribution in [3.05, 3.63) is 53.3 Å². The van der Waals surface area contributed by atoms with Crippen LogP contribution in [0.4, 0.5) is 0 Å². The molecule has 1 aromatic carbocycles. The summed E-state index contributed by atoms with van der Waals surface area (Å²) in [6.45, 7) is 5.45. The van der Waals surface area contributed by atoms with Crippen molar-refractivity contribution in [1.29, 1.82) is 0 Å². The molecule has 0 bridgehead atoms. The molecule has 0 aliphatic carbocycles. The zero-order chi connectivity index (χ0) is 20.6. The Morgan fingerprint density at radius 3 is 2.67 bits per heavy atom. The molecular formula is C22H33IN6O. The second-order valence-corrected chi connectivity index (χ2v) is 7.59. The maximum Gasteiger partial charge on any atom is 0.251 e. The Balaban J connectivity index is 0.00000320. The molecule has 164 valence electrons. The van der Waals surface area contributed by atoms with Crippen molar-refractivity contribution in [2.45, 2.75) is 38.6 Å². The van der Waals surface area contributed by atoms with E-state index in [1.807, 2.05) is 49.2 Å². The second kappa shape index (κ2) is 11.9. The van der Waals surface area contributed by atoms with E-state index in [4.69, 9.17) is 0 Å². The van der Waals surface area contributed by atoms with Crippen molar-refractivity contribution in [2.24, 2.45) is 12.0 Å². The third kappa shape index (κ3) is 6.45. The Morgan fingerprint density at radius 2 is 2.03 bits per heavy atom. The minimum atomic E-state index is -0.00715. The Hall–Kier alpha value is -2.10. The van der Waals surface area contributed by atoms with Crippen LogP contribution in [0.1, 0.15) is 53.6 Å². The van der Waals surface area contributed by atoms with Crippen LogP contribution in [-0.4, -0.2) is 53.2 Å². The molecule has 30 heavy (non-hydrogen) atoms.